The number of carbonyl (C=O) groups is 2. The van der Waals surface area contributed by atoms with E-state index < -0.39 is 6.04 Å². The zero-order chi connectivity index (χ0) is 24.5. The number of nitrogens with zero attached hydrogens (tertiary/aromatic N) is 1. The van der Waals surface area contributed by atoms with E-state index >= 15 is 0 Å². The monoisotopic (exact) mass is 520 g/mol. The average Bonchev–Trinajstić information content (AvgIpc) is 2.82. The number of amides is 2. The van der Waals surface area contributed by atoms with Crippen molar-refractivity contribution in [3.05, 3.63) is 69.2 Å². The molecule has 2 aromatic rings. The van der Waals surface area contributed by atoms with Gasteiger partial charge in [0.2, 0.25) is 11.8 Å². The first-order chi connectivity index (χ1) is 16.4. The molecule has 1 aliphatic carbocycles. The van der Waals surface area contributed by atoms with Crippen molar-refractivity contribution in [2.75, 3.05) is 5.75 Å². The van der Waals surface area contributed by atoms with Crippen LogP contribution >= 0.6 is 35.0 Å². The summed E-state index contributed by atoms with van der Waals surface area (Å²) >= 11 is 13.9. The molecule has 1 N–H and O–H groups in total. The van der Waals surface area contributed by atoms with Crippen LogP contribution in [0.4, 0.5) is 0 Å². The minimum absolute atomic E-state index is 0.0469. The van der Waals surface area contributed by atoms with Crippen LogP contribution in [0.25, 0.3) is 0 Å². The number of hydrogen-bond donors (Lipinski definition) is 1. The molecule has 1 atom stereocenters. The Labute approximate surface area is 217 Å². The standard InChI is InChI=1S/C27H34Cl2N2O2S/c1-3-25(27(33)30-22-10-5-4-6-11-22)31(16-20-12-13-23(28)24(29)15-20)26(32)18-34-17-21-9-7-8-19(2)14-21/h7-9,12-15,22,25H,3-6,10-11,16-18H2,1-2H3,(H,30,33). The number of thioether (sulfide) groups is 1. The Morgan fingerprint density at radius 1 is 1.06 bits per heavy atom. The second-order valence-electron chi connectivity index (χ2n) is 9.02. The van der Waals surface area contributed by atoms with Gasteiger partial charge in [-0.2, -0.15) is 0 Å². The third kappa shape index (κ3) is 7.93. The molecule has 0 spiro atoms. The van der Waals surface area contributed by atoms with Crippen molar-refractivity contribution in [2.24, 2.45) is 0 Å². The van der Waals surface area contributed by atoms with Gasteiger partial charge < -0.3 is 10.2 Å². The van der Waals surface area contributed by atoms with E-state index in [2.05, 4.69) is 30.4 Å². The Bertz CT molecular complexity index is 979. The lowest BCUT2D eigenvalue weighted by atomic mass is 9.95. The zero-order valence-corrected chi connectivity index (χ0v) is 22.3. The molecule has 1 aliphatic rings. The lowest BCUT2D eigenvalue weighted by Crippen LogP contribution is -2.52. The molecule has 0 radical (unpaired) electrons. The molecule has 0 aliphatic heterocycles. The van der Waals surface area contributed by atoms with Crippen molar-refractivity contribution in [3.63, 3.8) is 0 Å². The first-order valence-electron chi connectivity index (χ1n) is 12.0. The Morgan fingerprint density at radius 2 is 1.82 bits per heavy atom. The van der Waals surface area contributed by atoms with Crippen molar-refractivity contribution in [1.29, 1.82) is 0 Å². The third-order valence-corrected chi connectivity index (χ3v) is 7.98. The molecule has 0 saturated heterocycles. The average molecular weight is 522 g/mol. The van der Waals surface area contributed by atoms with Crippen molar-refractivity contribution in [2.45, 2.75) is 76.8 Å². The largest absolute Gasteiger partial charge is 0.352 e. The van der Waals surface area contributed by atoms with Crippen molar-refractivity contribution in [1.82, 2.24) is 10.2 Å². The van der Waals surface area contributed by atoms with Gasteiger partial charge in [-0.15, -0.1) is 11.8 Å². The number of nitrogens with one attached hydrogen (secondary N) is 1. The number of hydrogen-bond acceptors (Lipinski definition) is 3. The van der Waals surface area contributed by atoms with Gasteiger partial charge in [-0.1, -0.05) is 85.3 Å². The summed E-state index contributed by atoms with van der Waals surface area (Å²) in [5, 5.41) is 4.13. The molecule has 0 heterocycles. The Morgan fingerprint density at radius 3 is 2.50 bits per heavy atom. The van der Waals surface area contributed by atoms with E-state index in [1.54, 1.807) is 28.8 Å². The summed E-state index contributed by atoms with van der Waals surface area (Å²) in [7, 11) is 0. The number of halogens is 2. The molecular formula is C27H34Cl2N2O2S. The molecule has 2 amide bonds. The Kier molecular flexibility index (Phi) is 10.6. The molecule has 34 heavy (non-hydrogen) atoms. The fourth-order valence-corrected chi connectivity index (χ4v) is 5.62. The van der Waals surface area contributed by atoms with E-state index in [0.717, 1.165) is 37.0 Å². The highest BCUT2D eigenvalue weighted by Crippen LogP contribution is 2.25. The summed E-state index contributed by atoms with van der Waals surface area (Å²) in [6.07, 6.45) is 6.08. The van der Waals surface area contributed by atoms with Crippen molar-refractivity contribution in [3.8, 4) is 0 Å². The van der Waals surface area contributed by atoms with Gasteiger partial charge in [0, 0.05) is 18.3 Å². The quantitative estimate of drug-likeness (QED) is 0.375. The fraction of sp³-hybridized carbons (Fsp3) is 0.481. The molecule has 0 aromatic heterocycles. The van der Waals surface area contributed by atoms with Crippen molar-refractivity contribution < 1.29 is 9.59 Å². The van der Waals surface area contributed by atoms with Crippen LogP contribution in [0.3, 0.4) is 0 Å². The maximum atomic E-state index is 13.4. The summed E-state index contributed by atoms with van der Waals surface area (Å²) in [6.45, 7) is 4.34. The third-order valence-electron chi connectivity index (χ3n) is 6.25. The molecule has 7 heteroatoms. The van der Waals surface area contributed by atoms with Crippen LogP contribution in [-0.2, 0) is 21.9 Å². The second-order valence-corrected chi connectivity index (χ2v) is 10.8. The summed E-state index contributed by atoms with van der Waals surface area (Å²) in [4.78, 5) is 28.4. The highest BCUT2D eigenvalue weighted by atomic mass is 35.5. The lowest BCUT2D eigenvalue weighted by Gasteiger charge is -2.33. The van der Waals surface area contributed by atoms with E-state index in [-0.39, 0.29) is 17.9 Å². The number of benzene rings is 2. The van der Waals surface area contributed by atoms with Gasteiger partial charge in [0.1, 0.15) is 6.04 Å². The van der Waals surface area contributed by atoms with Crippen LogP contribution in [-0.4, -0.2) is 34.6 Å². The predicted molar refractivity (Wildman–Crippen MR) is 143 cm³/mol. The van der Waals surface area contributed by atoms with Gasteiger partial charge in [-0.25, -0.2) is 0 Å². The molecule has 2 aromatic carbocycles. The Hall–Kier alpha value is -1.69. The highest BCUT2D eigenvalue weighted by Gasteiger charge is 2.30. The topological polar surface area (TPSA) is 49.4 Å². The summed E-state index contributed by atoms with van der Waals surface area (Å²) in [6, 6.07) is 13.4. The van der Waals surface area contributed by atoms with Crippen LogP contribution in [0, 0.1) is 6.92 Å². The summed E-state index contributed by atoms with van der Waals surface area (Å²) < 4.78 is 0. The van der Waals surface area contributed by atoms with E-state index in [9.17, 15) is 9.59 Å². The Balaban J connectivity index is 1.72. The van der Waals surface area contributed by atoms with Crippen LogP contribution < -0.4 is 5.32 Å². The predicted octanol–water partition coefficient (Wildman–Crippen LogP) is 6.79. The fourth-order valence-electron chi connectivity index (χ4n) is 4.44. The minimum Gasteiger partial charge on any atom is -0.352 e. The summed E-state index contributed by atoms with van der Waals surface area (Å²) in [5.74, 6) is 0.947. The molecule has 1 saturated carbocycles. The zero-order valence-electron chi connectivity index (χ0n) is 20.0. The van der Waals surface area contributed by atoms with Crippen LogP contribution in [0.2, 0.25) is 10.0 Å². The smallest absolute Gasteiger partial charge is 0.243 e. The van der Waals surface area contributed by atoms with Gasteiger partial charge >= 0.3 is 0 Å². The van der Waals surface area contributed by atoms with Crippen LogP contribution in [0.1, 0.15) is 62.1 Å². The van der Waals surface area contributed by atoms with Gasteiger partial charge in [-0.3, -0.25) is 9.59 Å². The first kappa shape index (κ1) is 26.9. The maximum absolute atomic E-state index is 13.4. The van der Waals surface area contributed by atoms with E-state index in [1.165, 1.54) is 17.5 Å². The van der Waals surface area contributed by atoms with Crippen molar-refractivity contribution >= 4 is 46.8 Å². The van der Waals surface area contributed by atoms with Crippen LogP contribution in [0.15, 0.2) is 42.5 Å². The maximum Gasteiger partial charge on any atom is 0.243 e. The first-order valence-corrected chi connectivity index (χ1v) is 14.0. The van der Waals surface area contributed by atoms with Gasteiger partial charge in [0.05, 0.1) is 15.8 Å². The minimum atomic E-state index is -0.525. The molecule has 3 rings (SSSR count). The number of aryl methyl sites for hydroxylation is 1. The van der Waals surface area contributed by atoms with E-state index in [1.807, 2.05) is 19.1 Å². The molecule has 4 nitrogen and oxygen atoms in total. The molecule has 1 unspecified atom stereocenters. The van der Waals surface area contributed by atoms with Gasteiger partial charge in [0.15, 0.2) is 0 Å². The van der Waals surface area contributed by atoms with Crippen LogP contribution in [0.5, 0.6) is 0 Å². The number of carbonyl (C=O) groups excluding carboxylic acids is 2. The summed E-state index contributed by atoms with van der Waals surface area (Å²) in [5.41, 5.74) is 3.25. The lowest BCUT2D eigenvalue weighted by molar-refractivity contribution is -0.139. The second kappa shape index (κ2) is 13.4. The van der Waals surface area contributed by atoms with E-state index in [4.69, 9.17) is 23.2 Å². The van der Waals surface area contributed by atoms with Gasteiger partial charge in [0.25, 0.3) is 0 Å². The van der Waals surface area contributed by atoms with Gasteiger partial charge in [-0.05, 0) is 49.4 Å². The highest BCUT2D eigenvalue weighted by molar-refractivity contribution is 7.99. The SMILES string of the molecule is CCC(C(=O)NC1CCCCC1)N(Cc1ccc(Cl)c(Cl)c1)C(=O)CSCc1cccc(C)c1. The van der Waals surface area contributed by atoms with E-state index in [0.29, 0.717) is 28.8 Å². The molecule has 184 valence electrons. The normalized spacial score (nSPS) is 15.1. The molecule has 0 bridgehead atoms. The molecule has 1 fully saturated rings. The number of rotatable bonds is 10. The molecular weight excluding hydrogens is 487 g/mol.